The standard InChI is InChI=1S/C11H10ClFN2/c1-7-14-6-9(15-7)5-8-3-2-4-10(12)11(8)13/h2-4,6,14-15H,1,5H2. The van der Waals surface area contributed by atoms with Gasteiger partial charge in [0, 0.05) is 18.3 Å². The Hall–Kier alpha value is -1.48. The molecule has 2 nitrogen and oxygen atoms in total. The number of rotatable bonds is 2. The zero-order valence-corrected chi connectivity index (χ0v) is 8.74. The van der Waals surface area contributed by atoms with Gasteiger partial charge in [0.2, 0.25) is 0 Å². The molecule has 4 heteroatoms. The van der Waals surface area contributed by atoms with E-state index in [0.29, 0.717) is 17.8 Å². The lowest BCUT2D eigenvalue weighted by atomic mass is 10.1. The molecule has 78 valence electrons. The summed E-state index contributed by atoms with van der Waals surface area (Å²) in [7, 11) is 0. The van der Waals surface area contributed by atoms with Crippen molar-refractivity contribution in [3.05, 3.63) is 58.9 Å². The quantitative estimate of drug-likeness (QED) is 0.807. The largest absolute Gasteiger partial charge is 0.347 e. The van der Waals surface area contributed by atoms with Crippen molar-refractivity contribution in [3.63, 3.8) is 0 Å². The van der Waals surface area contributed by atoms with Gasteiger partial charge in [-0.25, -0.2) is 4.39 Å². The van der Waals surface area contributed by atoms with Crippen LogP contribution in [0.5, 0.6) is 0 Å². The molecule has 0 atom stereocenters. The molecule has 1 heterocycles. The van der Waals surface area contributed by atoms with E-state index in [0.717, 1.165) is 5.70 Å². The summed E-state index contributed by atoms with van der Waals surface area (Å²) >= 11 is 5.68. The first kappa shape index (κ1) is 10.1. The third kappa shape index (κ3) is 2.13. The fourth-order valence-electron chi connectivity index (χ4n) is 1.43. The van der Waals surface area contributed by atoms with E-state index < -0.39 is 0 Å². The molecule has 0 spiro atoms. The maximum Gasteiger partial charge on any atom is 0.145 e. The van der Waals surface area contributed by atoms with E-state index in [1.165, 1.54) is 6.07 Å². The second-order valence-electron chi connectivity index (χ2n) is 3.31. The van der Waals surface area contributed by atoms with Gasteiger partial charge in [-0.3, -0.25) is 0 Å². The Labute approximate surface area is 92.4 Å². The minimum absolute atomic E-state index is 0.151. The van der Waals surface area contributed by atoms with Crippen LogP contribution in [-0.4, -0.2) is 0 Å². The summed E-state index contributed by atoms with van der Waals surface area (Å²) in [4.78, 5) is 0. The summed E-state index contributed by atoms with van der Waals surface area (Å²) in [5.41, 5.74) is 1.44. The lowest BCUT2D eigenvalue weighted by Gasteiger charge is -2.05. The second kappa shape index (κ2) is 3.95. The average molecular weight is 225 g/mol. The van der Waals surface area contributed by atoms with Crippen LogP contribution in [0, 0.1) is 5.82 Å². The second-order valence-corrected chi connectivity index (χ2v) is 3.71. The topological polar surface area (TPSA) is 24.1 Å². The molecule has 2 N–H and O–H groups in total. The van der Waals surface area contributed by atoms with Crippen molar-refractivity contribution in [1.82, 2.24) is 10.6 Å². The zero-order chi connectivity index (χ0) is 10.8. The SMILES string of the molecule is C=C1NC=C(Cc2cccc(Cl)c2F)N1. The number of allylic oxidation sites excluding steroid dienone is 1. The minimum atomic E-state index is -0.362. The normalized spacial score (nSPS) is 14.5. The van der Waals surface area contributed by atoms with Crippen LogP contribution in [0.15, 0.2) is 42.5 Å². The summed E-state index contributed by atoms with van der Waals surface area (Å²) < 4.78 is 13.5. The molecule has 1 aliphatic heterocycles. The Morgan fingerprint density at radius 1 is 1.40 bits per heavy atom. The Bertz CT molecular complexity index is 440. The predicted molar refractivity (Wildman–Crippen MR) is 58.6 cm³/mol. The van der Waals surface area contributed by atoms with Crippen LogP contribution in [0.2, 0.25) is 5.02 Å². The third-order valence-corrected chi connectivity index (χ3v) is 2.44. The molecule has 0 radical (unpaired) electrons. The number of halogens is 2. The highest BCUT2D eigenvalue weighted by atomic mass is 35.5. The molecule has 0 bridgehead atoms. The Balaban J connectivity index is 2.18. The molecule has 0 unspecified atom stereocenters. The molecule has 2 rings (SSSR count). The predicted octanol–water partition coefficient (Wildman–Crippen LogP) is 2.53. The summed E-state index contributed by atoms with van der Waals surface area (Å²) in [5, 5.41) is 6.05. The van der Waals surface area contributed by atoms with Crippen molar-refractivity contribution in [2.24, 2.45) is 0 Å². The van der Waals surface area contributed by atoms with E-state index in [4.69, 9.17) is 11.6 Å². The van der Waals surface area contributed by atoms with Gasteiger partial charge in [0.25, 0.3) is 0 Å². The summed E-state index contributed by atoms with van der Waals surface area (Å²) in [6, 6.07) is 4.98. The maximum atomic E-state index is 13.5. The lowest BCUT2D eigenvalue weighted by Crippen LogP contribution is -2.12. The summed E-state index contributed by atoms with van der Waals surface area (Å²) in [6.07, 6.45) is 2.24. The Morgan fingerprint density at radius 2 is 2.20 bits per heavy atom. The lowest BCUT2D eigenvalue weighted by molar-refractivity contribution is 0.612. The molecule has 0 saturated heterocycles. The first-order valence-corrected chi connectivity index (χ1v) is 4.89. The van der Waals surface area contributed by atoms with Gasteiger partial charge in [0.05, 0.1) is 10.8 Å². The third-order valence-electron chi connectivity index (χ3n) is 2.14. The minimum Gasteiger partial charge on any atom is -0.347 e. The highest BCUT2D eigenvalue weighted by Crippen LogP contribution is 2.20. The molecule has 0 aliphatic carbocycles. The van der Waals surface area contributed by atoms with Gasteiger partial charge >= 0.3 is 0 Å². The van der Waals surface area contributed by atoms with Gasteiger partial charge in [-0.2, -0.15) is 0 Å². The van der Waals surface area contributed by atoms with Gasteiger partial charge in [-0.05, 0) is 11.6 Å². The van der Waals surface area contributed by atoms with Crippen molar-refractivity contribution in [3.8, 4) is 0 Å². The van der Waals surface area contributed by atoms with Crippen LogP contribution in [0.3, 0.4) is 0 Å². The van der Waals surface area contributed by atoms with Crippen LogP contribution < -0.4 is 10.6 Å². The number of hydrogen-bond acceptors (Lipinski definition) is 2. The van der Waals surface area contributed by atoms with Crippen LogP contribution in [0.4, 0.5) is 4.39 Å². The molecule has 0 fully saturated rings. The van der Waals surface area contributed by atoms with Crippen LogP contribution in [-0.2, 0) is 6.42 Å². The zero-order valence-electron chi connectivity index (χ0n) is 7.98. The Morgan fingerprint density at radius 3 is 2.87 bits per heavy atom. The molecule has 15 heavy (non-hydrogen) atoms. The number of nitrogens with one attached hydrogen (secondary N) is 2. The van der Waals surface area contributed by atoms with Gasteiger partial charge in [0.1, 0.15) is 5.82 Å². The molecule has 1 aliphatic rings. The van der Waals surface area contributed by atoms with E-state index in [2.05, 4.69) is 17.2 Å². The van der Waals surface area contributed by atoms with Crippen molar-refractivity contribution in [1.29, 1.82) is 0 Å². The molecule has 1 aromatic carbocycles. The first-order valence-electron chi connectivity index (χ1n) is 4.51. The molecular formula is C11H10ClFN2. The highest BCUT2D eigenvalue weighted by molar-refractivity contribution is 6.30. The van der Waals surface area contributed by atoms with Crippen molar-refractivity contribution >= 4 is 11.6 Å². The summed E-state index contributed by atoms with van der Waals surface area (Å²) in [6.45, 7) is 3.69. The number of hydrogen-bond donors (Lipinski definition) is 2. The highest BCUT2D eigenvalue weighted by Gasteiger charge is 2.11. The molecule has 0 saturated carbocycles. The Kier molecular flexibility index (Phi) is 2.64. The first-order chi connectivity index (χ1) is 7.16. The van der Waals surface area contributed by atoms with E-state index in [9.17, 15) is 4.39 Å². The average Bonchev–Trinajstić information content (AvgIpc) is 2.59. The smallest absolute Gasteiger partial charge is 0.145 e. The molecule has 1 aromatic rings. The van der Waals surface area contributed by atoms with Crippen LogP contribution in [0.1, 0.15) is 5.56 Å². The van der Waals surface area contributed by atoms with Gasteiger partial charge in [-0.15, -0.1) is 0 Å². The van der Waals surface area contributed by atoms with E-state index in [1.54, 1.807) is 18.3 Å². The van der Waals surface area contributed by atoms with Gasteiger partial charge < -0.3 is 10.6 Å². The van der Waals surface area contributed by atoms with Crippen molar-refractivity contribution in [2.75, 3.05) is 0 Å². The van der Waals surface area contributed by atoms with Crippen molar-refractivity contribution in [2.45, 2.75) is 6.42 Å². The van der Waals surface area contributed by atoms with Gasteiger partial charge in [-0.1, -0.05) is 30.3 Å². The van der Waals surface area contributed by atoms with Crippen molar-refractivity contribution < 1.29 is 4.39 Å². The van der Waals surface area contributed by atoms with E-state index >= 15 is 0 Å². The fourth-order valence-corrected chi connectivity index (χ4v) is 1.62. The van der Waals surface area contributed by atoms with Crippen LogP contribution in [0.25, 0.3) is 0 Å². The number of benzene rings is 1. The summed E-state index contributed by atoms with van der Waals surface area (Å²) in [5.74, 6) is 0.340. The maximum absolute atomic E-state index is 13.5. The molecular weight excluding hydrogens is 215 g/mol. The van der Waals surface area contributed by atoms with E-state index in [-0.39, 0.29) is 10.8 Å². The van der Waals surface area contributed by atoms with Crippen LogP contribution >= 0.6 is 11.6 Å². The molecule has 0 aromatic heterocycles. The molecule has 0 amide bonds. The van der Waals surface area contributed by atoms with Gasteiger partial charge in [0.15, 0.2) is 0 Å². The van der Waals surface area contributed by atoms with E-state index in [1.807, 2.05) is 0 Å². The fraction of sp³-hybridized carbons (Fsp3) is 0.0909. The monoisotopic (exact) mass is 224 g/mol.